The van der Waals surface area contributed by atoms with E-state index in [-0.39, 0.29) is 17.9 Å². The Balaban J connectivity index is 1.62. The molecule has 1 saturated heterocycles. The summed E-state index contributed by atoms with van der Waals surface area (Å²) in [4.78, 5) is 27.9. The highest BCUT2D eigenvalue weighted by Gasteiger charge is 2.32. The predicted molar refractivity (Wildman–Crippen MR) is 147 cm³/mol. The van der Waals surface area contributed by atoms with Crippen LogP contribution in [0.1, 0.15) is 72.3 Å². The molecular formula is C30H35N5O3. The van der Waals surface area contributed by atoms with E-state index >= 15 is 0 Å². The average Bonchev–Trinajstić information content (AvgIpc) is 3.29. The standard InChI is InChI=1S/C30H35N5O3/c1-20-6-11-26(21(2)18-20)35-27(23-13-16-34(17-14-23)29(37)38-30(3,4)5)25(19-32-35)28(36)33-24-9-7-22(8-10-24)12-15-31/h6-11,18-19,23H,12-14,16-17H2,1-5H3,(H,33,36). The summed E-state index contributed by atoms with van der Waals surface area (Å²) in [6, 6.07) is 15.6. The summed E-state index contributed by atoms with van der Waals surface area (Å²) in [7, 11) is 0. The third kappa shape index (κ3) is 6.23. The Labute approximate surface area is 224 Å². The first-order valence-electron chi connectivity index (χ1n) is 13.0. The lowest BCUT2D eigenvalue weighted by atomic mass is 9.90. The molecule has 1 aromatic heterocycles. The fraction of sp³-hybridized carbons (Fsp3) is 0.400. The van der Waals surface area contributed by atoms with Crippen LogP contribution in [0.4, 0.5) is 10.5 Å². The van der Waals surface area contributed by atoms with Gasteiger partial charge in [-0.3, -0.25) is 4.79 Å². The van der Waals surface area contributed by atoms with Crippen LogP contribution in [0.5, 0.6) is 0 Å². The van der Waals surface area contributed by atoms with Crippen molar-refractivity contribution in [1.29, 1.82) is 5.26 Å². The molecule has 1 aliphatic rings. The Morgan fingerprint density at radius 1 is 1.11 bits per heavy atom. The lowest BCUT2D eigenvalue weighted by Crippen LogP contribution is -2.41. The summed E-state index contributed by atoms with van der Waals surface area (Å²) in [5.41, 5.74) is 5.52. The third-order valence-electron chi connectivity index (χ3n) is 6.66. The molecular weight excluding hydrogens is 478 g/mol. The molecule has 0 saturated carbocycles. The lowest BCUT2D eigenvalue weighted by Gasteiger charge is -2.34. The Morgan fingerprint density at radius 3 is 2.39 bits per heavy atom. The molecule has 4 rings (SSSR count). The smallest absolute Gasteiger partial charge is 0.410 e. The maximum absolute atomic E-state index is 13.5. The van der Waals surface area contributed by atoms with Gasteiger partial charge in [0.25, 0.3) is 5.91 Å². The normalized spacial score (nSPS) is 14.2. The molecule has 8 heteroatoms. The fourth-order valence-electron chi connectivity index (χ4n) is 4.82. The molecule has 1 aliphatic heterocycles. The van der Waals surface area contributed by atoms with Gasteiger partial charge < -0.3 is 15.0 Å². The quantitative estimate of drug-likeness (QED) is 0.456. The monoisotopic (exact) mass is 513 g/mol. The molecule has 38 heavy (non-hydrogen) atoms. The molecule has 0 radical (unpaired) electrons. The van der Waals surface area contributed by atoms with Gasteiger partial charge in [0.2, 0.25) is 0 Å². The average molecular weight is 514 g/mol. The molecule has 0 aliphatic carbocycles. The summed E-state index contributed by atoms with van der Waals surface area (Å²) in [5.74, 6) is -0.200. The number of ether oxygens (including phenoxy) is 1. The van der Waals surface area contributed by atoms with Crippen molar-refractivity contribution in [2.24, 2.45) is 0 Å². The third-order valence-corrected chi connectivity index (χ3v) is 6.66. The Bertz CT molecular complexity index is 1350. The Kier molecular flexibility index (Phi) is 7.86. The number of hydrogen-bond donors (Lipinski definition) is 1. The summed E-state index contributed by atoms with van der Waals surface area (Å²) in [5, 5.41) is 16.6. The second-order valence-electron chi connectivity index (χ2n) is 10.9. The Morgan fingerprint density at radius 2 is 1.79 bits per heavy atom. The summed E-state index contributed by atoms with van der Waals surface area (Å²) in [6.45, 7) is 10.8. The highest BCUT2D eigenvalue weighted by molar-refractivity contribution is 6.05. The van der Waals surface area contributed by atoms with Crippen LogP contribution in [0, 0.1) is 25.2 Å². The van der Waals surface area contributed by atoms with Gasteiger partial charge in [0, 0.05) is 24.7 Å². The van der Waals surface area contributed by atoms with Gasteiger partial charge in [-0.2, -0.15) is 10.4 Å². The van der Waals surface area contributed by atoms with Crippen molar-refractivity contribution >= 4 is 17.7 Å². The van der Waals surface area contributed by atoms with E-state index in [0.717, 1.165) is 28.1 Å². The molecule has 0 unspecified atom stereocenters. The van der Waals surface area contributed by atoms with Crippen LogP contribution in [0.15, 0.2) is 48.7 Å². The van der Waals surface area contributed by atoms with E-state index in [4.69, 9.17) is 10.00 Å². The zero-order chi connectivity index (χ0) is 27.4. The van der Waals surface area contributed by atoms with E-state index in [2.05, 4.69) is 22.6 Å². The largest absolute Gasteiger partial charge is 0.444 e. The SMILES string of the molecule is Cc1ccc(-n2ncc(C(=O)Nc3ccc(CC#N)cc3)c2C2CCN(C(=O)OC(C)(C)C)CC2)c(C)c1. The second-order valence-corrected chi connectivity index (χ2v) is 10.9. The predicted octanol–water partition coefficient (Wildman–Crippen LogP) is 5.92. The van der Waals surface area contributed by atoms with Gasteiger partial charge in [-0.15, -0.1) is 0 Å². The summed E-state index contributed by atoms with van der Waals surface area (Å²) < 4.78 is 7.45. The van der Waals surface area contributed by atoms with Crippen molar-refractivity contribution in [2.75, 3.05) is 18.4 Å². The number of rotatable bonds is 5. The maximum Gasteiger partial charge on any atom is 0.410 e. The van der Waals surface area contributed by atoms with Crippen molar-refractivity contribution in [3.63, 3.8) is 0 Å². The Hall–Kier alpha value is -4.12. The maximum atomic E-state index is 13.5. The number of amides is 2. The first kappa shape index (κ1) is 26.9. The molecule has 0 atom stereocenters. The highest BCUT2D eigenvalue weighted by Crippen LogP contribution is 2.34. The van der Waals surface area contributed by atoms with E-state index in [0.29, 0.717) is 43.6 Å². The van der Waals surface area contributed by atoms with Crippen LogP contribution in [0.25, 0.3) is 5.69 Å². The fourth-order valence-corrected chi connectivity index (χ4v) is 4.82. The van der Waals surface area contributed by atoms with E-state index in [1.807, 2.05) is 63.6 Å². The number of carbonyl (C=O) groups is 2. The van der Waals surface area contributed by atoms with Gasteiger partial charge in [0.05, 0.1) is 35.6 Å². The molecule has 1 fully saturated rings. The number of anilines is 1. The molecule has 1 N–H and O–H groups in total. The first-order chi connectivity index (χ1) is 18.1. The van der Waals surface area contributed by atoms with Crippen LogP contribution in [-0.4, -0.2) is 45.4 Å². The van der Waals surface area contributed by atoms with Gasteiger partial charge >= 0.3 is 6.09 Å². The first-order valence-corrected chi connectivity index (χ1v) is 13.0. The van der Waals surface area contributed by atoms with Crippen molar-refractivity contribution in [2.45, 2.75) is 65.4 Å². The van der Waals surface area contributed by atoms with Crippen molar-refractivity contribution in [3.8, 4) is 11.8 Å². The van der Waals surface area contributed by atoms with E-state index in [1.165, 1.54) is 0 Å². The summed E-state index contributed by atoms with van der Waals surface area (Å²) in [6.07, 6.45) is 3.03. The van der Waals surface area contributed by atoms with Crippen LogP contribution in [-0.2, 0) is 11.2 Å². The molecule has 3 aromatic rings. The molecule has 2 heterocycles. The van der Waals surface area contributed by atoms with Gasteiger partial charge in [-0.25, -0.2) is 9.48 Å². The zero-order valence-electron chi connectivity index (χ0n) is 22.7. The van der Waals surface area contributed by atoms with Gasteiger partial charge in [-0.1, -0.05) is 29.8 Å². The number of carbonyl (C=O) groups excluding carboxylic acids is 2. The van der Waals surface area contributed by atoms with Crippen LogP contribution < -0.4 is 5.32 Å². The van der Waals surface area contributed by atoms with E-state index in [9.17, 15) is 9.59 Å². The van der Waals surface area contributed by atoms with Crippen LogP contribution in [0.2, 0.25) is 0 Å². The number of benzene rings is 2. The lowest BCUT2D eigenvalue weighted by molar-refractivity contribution is 0.0203. The van der Waals surface area contributed by atoms with Gasteiger partial charge in [0.1, 0.15) is 5.60 Å². The molecule has 2 amide bonds. The van der Waals surface area contributed by atoms with E-state index in [1.54, 1.807) is 23.2 Å². The molecule has 0 spiro atoms. The van der Waals surface area contributed by atoms with Crippen molar-refractivity contribution in [1.82, 2.24) is 14.7 Å². The molecule has 198 valence electrons. The number of likely N-dealkylation sites (tertiary alicyclic amines) is 1. The zero-order valence-corrected chi connectivity index (χ0v) is 22.7. The highest BCUT2D eigenvalue weighted by atomic mass is 16.6. The number of nitriles is 1. The number of aryl methyl sites for hydroxylation is 2. The number of hydrogen-bond acceptors (Lipinski definition) is 5. The minimum atomic E-state index is -0.548. The number of nitrogens with one attached hydrogen (secondary N) is 1. The van der Waals surface area contributed by atoms with Crippen molar-refractivity contribution in [3.05, 3.63) is 76.6 Å². The number of piperidine rings is 1. The topological polar surface area (TPSA) is 100 Å². The number of nitrogens with zero attached hydrogens (tertiary/aromatic N) is 4. The van der Waals surface area contributed by atoms with Gasteiger partial charge in [0.15, 0.2) is 0 Å². The number of aromatic nitrogens is 2. The summed E-state index contributed by atoms with van der Waals surface area (Å²) >= 11 is 0. The van der Waals surface area contributed by atoms with Crippen LogP contribution >= 0.6 is 0 Å². The minimum absolute atomic E-state index is 0.0376. The van der Waals surface area contributed by atoms with Gasteiger partial charge in [-0.05, 0) is 76.8 Å². The minimum Gasteiger partial charge on any atom is -0.444 e. The van der Waals surface area contributed by atoms with Crippen LogP contribution in [0.3, 0.4) is 0 Å². The molecule has 2 aromatic carbocycles. The second kappa shape index (κ2) is 11.1. The van der Waals surface area contributed by atoms with Crippen molar-refractivity contribution < 1.29 is 14.3 Å². The molecule has 0 bridgehead atoms. The molecule has 8 nitrogen and oxygen atoms in total. The van der Waals surface area contributed by atoms with E-state index < -0.39 is 5.60 Å².